The molecule has 2 amide bonds. The molecule has 0 saturated carbocycles. The molecule has 4 aromatic rings. The monoisotopic (exact) mass is 471 g/mol. The van der Waals surface area contributed by atoms with Crippen LogP contribution in [0.5, 0.6) is 0 Å². The van der Waals surface area contributed by atoms with Gasteiger partial charge in [-0.25, -0.2) is 9.18 Å². The van der Waals surface area contributed by atoms with E-state index in [1.807, 2.05) is 24.3 Å². The summed E-state index contributed by atoms with van der Waals surface area (Å²) >= 11 is 0. The first-order valence-corrected chi connectivity index (χ1v) is 10.8. The Labute approximate surface area is 200 Å². The Morgan fingerprint density at radius 1 is 0.943 bits per heavy atom. The number of hydrogen-bond donors (Lipinski definition) is 4. The predicted molar refractivity (Wildman–Crippen MR) is 130 cm³/mol. The quantitative estimate of drug-likeness (QED) is 0.292. The second-order valence-electron chi connectivity index (χ2n) is 7.86. The predicted octanol–water partition coefficient (Wildman–Crippen LogP) is 3.89. The van der Waals surface area contributed by atoms with E-state index in [-0.39, 0.29) is 12.1 Å². The number of aliphatic carboxylic acids is 1. The summed E-state index contributed by atoms with van der Waals surface area (Å²) in [5.41, 5.74) is 2.18. The minimum atomic E-state index is -1.26. The van der Waals surface area contributed by atoms with Gasteiger partial charge in [0.05, 0.1) is 0 Å². The van der Waals surface area contributed by atoms with Gasteiger partial charge in [0.2, 0.25) is 0 Å². The summed E-state index contributed by atoms with van der Waals surface area (Å²) in [5, 5.41) is 15.7. The number of benzene rings is 3. The molecule has 1 aromatic heterocycles. The van der Waals surface area contributed by atoms with E-state index in [4.69, 9.17) is 0 Å². The summed E-state index contributed by atoms with van der Waals surface area (Å²) in [7, 11) is 0. The lowest BCUT2D eigenvalue weighted by Crippen LogP contribution is -2.45. The zero-order valence-corrected chi connectivity index (χ0v) is 18.5. The van der Waals surface area contributed by atoms with Gasteiger partial charge in [0.1, 0.15) is 17.6 Å². The van der Waals surface area contributed by atoms with Gasteiger partial charge in [-0.05, 0) is 47.5 Å². The molecule has 4 N–H and O–H groups in total. The summed E-state index contributed by atoms with van der Waals surface area (Å²) in [5.74, 6) is -3.01. The topological polar surface area (TPSA) is 111 Å². The molecule has 3 aromatic carbocycles. The fraction of sp³-hybridized carbons (Fsp3) is 0.0741. The Hall–Kier alpha value is -4.72. The van der Waals surface area contributed by atoms with Crippen molar-refractivity contribution in [3.63, 3.8) is 0 Å². The van der Waals surface area contributed by atoms with Crippen molar-refractivity contribution >= 4 is 34.8 Å². The van der Waals surface area contributed by atoms with Crippen molar-refractivity contribution in [2.75, 3.05) is 0 Å². The second kappa shape index (κ2) is 10.5. The maximum Gasteiger partial charge on any atom is 0.326 e. The van der Waals surface area contributed by atoms with Crippen molar-refractivity contribution in [3.8, 4) is 0 Å². The molecule has 176 valence electrons. The third-order valence-electron chi connectivity index (χ3n) is 5.41. The van der Waals surface area contributed by atoms with Crippen molar-refractivity contribution in [3.05, 3.63) is 113 Å². The third-order valence-corrected chi connectivity index (χ3v) is 5.41. The Kier molecular flexibility index (Phi) is 7.02. The van der Waals surface area contributed by atoms with Crippen LogP contribution < -0.4 is 10.6 Å². The summed E-state index contributed by atoms with van der Waals surface area (Å²) < 4.78 is 13.3. The van der Waals surface area contributed by atoms with E-state index < -0.39 is 29.6 Å². The summed E-state index contributed by atoms with van der Waals surface area (Å²) in [6, 6.07) is 19.8. The number of fused-ring (bicyclic) bond motifs is 1. The molecular formula is C27H22FN3O4. The molecule has 35 heavy (non-hydrogen) atoms. The number of H-pyrrole nitrogens is 1. The number of carboxylic acid groups (broad SMARTS) is 1. The Morgan fingerprint density at radius 3 is 2.34 bits per heavy atom. The minimum Gasteiger partial charge on any atom is -0.480 e. The van der Waals surface area contributed by atoms with E-state index in [2.05, 4.69) is 15.6 Å². The summed E-state index contributed by atoms with van der Waals surface area (Å²) in [6.07, 6.45) is 3.10. The first-order valence-electron chi connectivity index (χ1n) is 10.8. The SMILES string of the molecule is O=C(N[C@H](Cc1c[nH]c2ccccc12)C(=O)O)/C(=C/c1ccc(F)cc1)NC(=O)c1ccccc1. The van der Waals surface area contributed by atoms with Crippen LogP contribution in [0.15, 0.2) is 90.8 Å². The molecule has 0 aliphatic rings. The first kappa shape index (κ1) is 23.4. The molecule has 0 bridgehead atoms. The van der Waals surface area contributed by atoms with Gasteiger partial charge in [0, 0.05) is 29.1 Å². The Morgan fingerprint density at radius 2 is 1.63 bits per heavy atom. The average Bonchev–Trinajstić information content (AvgIpc) is 3.27. The highest BCUT2D eigenvalue weighted by atomic mass is 19.1. The van der Waals surface area contributed by atoms with Crippen molar-refractivity contribution in [1.29, 1.82) is 0 Å². The van der Waals surface area contributed by atoms with Crippen LogP contribution in [0.2, 0.25) is 0 Å². The number of carboxylic acids is 1. The lowest BCUT2D eigenvalue weighted by atomic mass is 10.0. The van der Waals surface area contributed by atoms with Crippen molar-refractivity contribution in [1.82, 2.24) is 15.6 Å². The zero-order chi connectivity index (χ0) is 24.8. The maximum atomic E-state index is 13.3. The van der Waals surface area contributed by atoms with Gasteiger partial charge in [-0.3, -0.25) is 9.59 Å². The molecule has 1 atom stereocenters. The van der Waals surface area contributed by atoms with Crippen LogP contribution in [0.1, 0.15) is 21.5 Å². The van der Waals surface area contributed by atoms with E-state index in [0.29, 0.717) is 11.1 Å². The highest BCUT2D eigenvalue weighted by molar-refractivity contribution is 6.06. The van der Waals surface area contributed by atoms with Crippen LogP contribution >= 0.6 is 0 Å². The van der Waals surface area contributed by atoms with Gasteiger partial charge in [0.25, 0.3) is 11.8 Å². The number of carbonyl (C=O) groups excluding carboxylic acids is 2. The van der Waals surface area contributed by atoms with Crippen LogP contribution in [0, 0.1) is 5.82 Å². The largest absolute Gasteiger partial charge is 0.480 e. The lowest BCUT2D eigenvalue weighted by Gasteiger charge is -2.17. The van der Waals surface area contributed by atoms with E-state index in [1.54, 1.807) is 36.5 Å². The van der Waals surface area contributed by atoms with Crippen molar-refractivity contribution in [2.45, 2.75) is 12.5 Å². The number of hydrogen-bond acceptors (Lipinski definition) is 3. The molecule has 0 unspecified atom stereocenters. The van der Waals surface area contributed by atoms with Gasteiger partial charge in [-0.2, -0.15) is 0 Å². The van der Waals surface area contributed by atoms with E-state index >= 15 is 0 Å². The molecule has 1 heterocycles. The highest BCUT2D eigenvalue weighted by Gasteiger charge is 2.24. The number of carbonyl (C=O) groups is 3. The van der Waals surface area contributed by atoms with Crippen molar-refractivity contribution in [2.24, 2.45) is 0 Å². The fourth-order valence-electron chi connectivity index (χ4n) is 3.62. The number of aromatic nitrogens is 1. The molecule has 8 heteroatoms. The van der Waals surface area contributed by atoms with Gasteiger partial charge in [-0.1, -0.05) is 48.5 Å². The minimum absolute atomic E-state index is 0.0293. The molecule has 0 aliphatic heterocycles. The first-order chi connectivity index (χ1) is 16.9. The van der Waals surface area contributed by atoms with E-state index in [9.17, 15) is 23.9 Å². The Balaban J connectivity index is 1.59. The van der Waals surface area contributed by atoms with E-state index in [1.165, 1.54) is 30.3 Å². The molecule has 4 rings (SSSR count). The average molecular weight is 471 g/mol. The molecule has 7 nitrogen and oxygen atoms in total. The summed E-state index contributed by atoms with van der Waals surface area (Å²) in [6.45, 7) is 0. The molecule has 0 aliphatic carbocycles. The molecule has 0 fully saturated rings. The van der Waals surface area contributed by atoms with Crippen LogP contribution in [0.4, 0.5) is 4.39 Å². The zero-order valence-electron chi connectivity index (χ0n) is 18.5. The third kappa shape index (κ3) is 5.80. The van der Waals surface area contributed by atoms with Gasteiger partial charge >= 0.3 is 5.97 Å². The molecule has 0 radical (unpaired) electrons. The molecule has 0 saturated heterocycles. The molecular weight excluding hydrogens is 449 g/mol. The van der Waals surface area contributed by atoms with Crippen LogP contribution in [0.25, 0.3) is 17.0 Å². The van der Waals surface area contributed by atoms with Crippen LogP contribution in [-0.4, -0.2) is 33.9 Å². The number of aromatic amines is 1. The Bertz CT molecular complexity index is 1390. The number of nitrogens with one attached hydrogen (secondary N) is 3. The summed E-state index contributed by atoms with van der Waals surface area (Å²) in [4.78, 5) is 40.9. The van der Waals surface area contributed by atoms with Gasteiger partial charge in [-0.15, -0.1) is 0 Å². The smallest absolute Gasteiger partial charge is 0.326 e. The van der Waals surface area contributed by atoms with Crippen molar-refractivity contribution < 1.29 is 23.9 Å². The normalized spacial score (nSPS) is 12.2. The van der Waals surface area contributed by atoms with Crippen LogP contribution in [-0.2, 0) is 16.0 Å². The number of rotatable bonds is 8. The van der Waals surface area contributed by atoms with Gasteiger partial charge in [0.15, 0.2) is 0 Å². The lowest BCUT2D eigenvalue weighted by molar-refractivity contribution is -0.141. The second-order valence-corrected chi connectivity index (χ2v) is 7.86. The van der Waals surface area contributed by atoms with Gasteiger partial charge < -0.3 is 20.7 Å². The maximum absolute atomic E-state index is 13.3. The molecule has 0 spiro atoms. The number of halogens is 1. The fourth-order valence-corrected chi connectivity index (χ4v) is 3.62. The standard InChI is InChI=1S/C27H22FN3O4/c28-20-12-10-17(11-13-20)14-23(30-25(32)18-6-2-1-3-7-18)26(33)31-24(27(34)35)15-19-16-29-22-9-5-4-8-21(19)22/h1-14,16,24,29H,15H2,(H,30,32)(H,31,33)(H,34,35)/b23-14-/t24-/m1/s1. The number of amides is 2. The highest BCUT2D eigenvalue weighted by Crippen LogP contribution is 2.19. The number of para-hydroxylation sites is 1. The van der Waals surface area contributed by atoms with Crippen LogP contribution in [0.3, 0.4) is 0 Å². The van der Waals surface area contributed by atoms with E-state index in [0.717, 1.165) is 16.5 Å².